The van der Waals surface area contributed by atoms with Gasteiger partial charge < -0.3 is 10.6 Å². The molecule has 2 aromatic rings. The number of benzene rings is 1. The van der Waals surface area contributed by atoms with Crippen molar-refractivity contribution >= 4 is 27.7 Å². The van der Waals surface area contributed by atoms with E-state index in [1.165, 1.54) is 5.56 Å². The fourth-order valence-electron chi connectivity index (χ4n) is 1.76. The van der Waals surface area contributed by atoms with Crippen molar-refractivity contribution in [3.63, 3.8) is 0 Å². The smallest absolute Gasteiger partial charge is 0.224 e. The Kier molecular flexibility index (Phi) is 5.35. The molecule has 0 radical (unpaired) electrons. The Morgan fingerprint density at radius 3 is 2.75 bits per heavy atom. The summed E-state index contributed by atoms with van der Waals surface area (Å²) in [7, 11) is 0. The molecule has 1 aromatic heterocycles. The van der Waals surface area contributed by atoms with E-state index in [1.807, 2.05) is 31.3 Å². The number of hydrogen-bond acceptors (Lipinski definition) is 4. The summed E-state index contributed by atoms with van der Waals surface area (Å²) in [5.41, 5.74) is 2.24. The fourth-order valence-corrected chi connectivity index (χ4v) is 2.19. The number of halogens is 1. The molecule has 0 unspecified atom stereocenters. The second-order valence-electron chi connectivity index (χ2n) is 4.60. The van der Waals surface area contributed by atoms with Crippen LogP contribution in [0.4, 0.5) is 11.8 Å². The number of aryl methyl sites for hydroxylation is 1. The molecular formula is C15H19BrN4. The highest BCUT2D eigenvalue weighted by Crippen LogP contribution is 2.18. The molecule has 20 heavy (non-hydrogen) atoms. The van der Waals surface area contributed by atoms with Gasteiger partial charge in [0.1, 0.15) is 5.82 Å². The Labute approximate surface area is 128 Å². The SMILES string of the molecule is CCCNc1ncc(C)c(NCc2ccccc2Br)n1. The van der Waals surface area contributed by atoms with Crippen LogP contribution in [-0.2, 0) is 6.54 Å². The third-order valence-corrected chi connectivity index (χ3v) is 3.68. The molecule has 4 nitrogen and oxygen atoms in total. The van der Waals surface area contributed by atoms with Crippen LogP contribution in [0.2, 0.25) is 0 Å². The molecule has 106 valence electrons. The molecule has 0 amide bonds. The summed E-state index contributed by atoms with van der Waals surface area (Å²) in [4.78, 5) is 8.78. The van der Waals surface area contributed by atoms with Crippen LogP contribution in [0.5, 0.6) is 0 Å². The Morgan fingerprint density at radius 1 is 1.20 bits per heavy atom. The summed E-state index contributed by atoms with van der Waals surface area (Å²) in [6, 6.07) is 8.17. The van der Waals surface area contributed by atoms with Gasteiger partial charge in [-0.2, -0.15) is 4.98 Å². The third kappa shape index (κ3) is 3.93. The highest BCUT2D eigenvalue weighted by molar-refractivity contribution is 9.10. The highest BCUT2D eigenvalue weighted by atomic mass is 79.9. The van der Waals surface area contributed by atoms with Crippen molar-refractivity contribution in [2.24, 2.45) is 0 Å². The number of anilines is 2. The summed E-state index contributed by atoms with van der Waals surface area (Å²) in [6.07, 6.45) is 2.89. The molecule has 0 saturated carbocycles. The Balaban J connectivity index is 2.07. The molecular weight excluding hydrogens is 316 g/mol. The first-order chi connectivity index (χ1) is 9.70. The predicted octanol–water partition coefficient (Wildman–Crippen LogP) is 3.98. The molecule has 1 heterocycles. The number of aromatic nitrogens is 2. The molecule has 0 fully saturated rings. The van der Waals surface area contributed by atoms with E-state index in [0.717, 1.165) is 35.4 Å². The van der Waals surface area contributed by atoms with Crippen molar-refractivity contribution in [2.75, 3.05) is 17.2 Å². The Bertz CT molecular complexity index is 572. The summed E-state index contributed by atoms with van der Waals surface area (Å²) in [5, 5.41) is 6.57. The monoisotopic (exact) mass is 334 g/mol. The summed E-state index contributed by atoms with van der Waals surface area (Å²) >= 11 is 3.55. The molecule has 0 aliphatic carbocycles. The van der Waals surface area contributed by atoms with Gasteiger partial charge in [-0.1, -0.05) is 41.1 Å². The molecule has 0 atom stereocenters. The molecule has 2 N–H and O–H groups in total. The first kappa shape index (κ1) is 14.8. The van der Waals surface area contributed by atoms with Crippen LogP contribution >= 0.6 is 15.9 Å². The molecule has 0 aliphatic rings. The first-order valence-electron chi connectivity index (χ1n) is 6.75. The maximum absolute atomic E-state index is 4.51. The van der Waals surface area contributed by atoms with Gasteiger partial charge >= 0.3 is 0 Å². The number of nitrogens with one attached hydrogen (secondary N) is 2. The second kappa shape index (κ2) is 7.24. The summed E-state index contributed by atoms with van der Waals surface area (Å²) in [5.74, 6) is 1.54. The molecule has 5 heteroatoms. The van der Waals surface area contributed by atoms with Crippen molar-refractivity contribution < 1.29 is 0 Å². The molecule has 0 spiro atoms. The van der Waals surface area contributed by atoms with Crippen LogP contribution < -0.4 is 10.6 Å². The number of rotatable bonds is 6. The maximum Gasteiger partial charge on any atom is 0.224 e. The van der Waals surface area contributed by atoms with E-state index in [-0.39, 0.29) is 0 Å². The van der Waals surface area contributed by atoms with Crippen molar-refractivity contribution in [2.45, 2.75) is 26.8 Å². The average Bonchev–Trinajstić information content (AvgIpc) is 2.46. The largest absolute Gasteiger partial charge is 0.366 e. The minimum atomic E-state index is 0.673. The summed E-state index contributed by atoms with van der Waals surface area (Å²) in [6.45, 7) is 5.73. The van der Waals surface area contributed by atoms with Crippen molar-refractivity contribution in [3.05, 3.63) is 46.1 Å². The average molecular weight is 335 g/mol. The maximum atomic E-state index is 4.51. The van der Waals surface area contributed by atoms with E-state index >= 15 is 0 Å². The van der Waals surface area contributed by atoms with E-state index in [4.69, 9.17) is 0 Å². The van der Waals surface area contributed by atoms with Gasteiger partial charge in [0.05, 0.1) is 0 Å². The van der Waals surface area contributed by atoms with Crippen LogP contribution in [-0.4, -0.2) is 16.5 Å². The number of nitrogens with zero attached hydrogens (tertiary/aromatic N) is 2. The zero-order valence-electron chi connectivity index (χ0n) is 11.8. The van der Waals surface area contributed by atoms with Crippen LogP contribution in [0.1, 0.15) is 24.5 Å². The Morgan fingerprint density at radius 2 is 2.00 bits per heavy atom. The fraction of sp³-hybridized carbons (Fsp3) is 0.333. The first-order valence-corrected chi connectivity index (χ1v) is 7.54. The minimum absolute atomic E-state index is 0.673. The molecule has 2 rings (SSSR count). The lowest BCUT2D eigenvalue weighted by Crippen LogP contribution is -2.09. The van der Waals surface area contributed by atoms with E-state index < -0.39 is 0 Å². The van der Waals surface area contributed by atoms with Gasteiger partial charge in [0.2, 0.25) is 5.95 Å². The third-order valence-electron chi connectivity index (χ3n) is 2.91. The van der Waals surface area contributed by atoms with Crippen LogP contribution in [0.3, 0.4) is 0 Å². The van der Waals surface area contributed by atoms with E-state index in [9.17, 15) is 0 Å². The lowest BCUT2D eigenvalue weighted by molar-refractivity contribution is 0.946. The van der Waals surface area contributed by atoms with Crippen LogP contribution in [0, 0.1) is 6.92 Å². The van der Waals surface area contributed by atoms with Gasteiger partial charge in [0, 0.05) is 29.3 Å². The zero-order valence-corrected chi connectivity index (χ0v) is 13.4. The quantitative estimate of drug-likeness (QED) is 0.838. The van der Waals surface area contributed by atoms with Gasteiger partial charge in [0.15, 0.2) is 0 Å². The van der Waals surface area contributed by atoms with Crippen molar-refractivity contribution in [1.29, 1.82) is 0 Å². The van der Waals surface area contributed by atoms with E-state index in [2.05, 4.69) is 49.5 Å². The second-order valence-corrected chi connectivity index (χ2v) is 5.45. The van der Waals surface area contributed by atoms with Gasteiger partial charge in [0.25, 0.3) is 0 Å². The van der Waals surface area contributed by atoms with Crippen LogP contribution in [0.25, 0.3) is 0 Å². The standard InChI is InChI=1S/C15H19BrN4/c1-3-8-17-15-19-9-11(2)14(20-15)18-10-12-6-4-5-7-13(12)16/h4-7,9H,3,8,10H2,1-2H3,(H2,17,18,19,20). The van der Waals surface area contributed by atoms with Gasteiger partial charge in [-0.3, -0.25) is 0 Å². The molecule has 0 bridgehead atoms. The van der Waals surface area contributed by atoms with Gasteiger partial charge in [-0.05, 0) is 25.0 Å². The zero-order chi connectivity index (χ0) is 14.4. The van der Waals surface area contributed by atoms with Gasteiger partial charge in [-0.15, -0.1) is 0 Å². The van der Waals surface area contributed by atoms with E-state index in [1.54, 1.807) is 0 Å². The lowest BCUT2D eigenvalue weighted by Gasteiger charge is -2.11. The van der Waals surface area contributed by atoms with Gasteiger partial charge in [-0.25, -0.2) is 4.98 Å². The van der Waals surface area contributed by atoms with Crippen molar-refractivity contribution in [1.82, 2.24) is 9.97 Å². The topological polar surface area (TPSA) is 49.8 Å². The highest BCUT2D eigenvalue weighted by Gasteiger charge is 2.04. The predicted molar refractivity (Wildman–Crippen MR) is 87.0 cm³/mol. The lowest BCUT2D eigenvalue weighted by atomic mass is 10.2. The number of hydrogen-bond donors (Lipinski definition) is 2. The summed E-state index contributed by atoms with van der Waals surface area (Å²) < 4.78 is 1.10. The molecule has 1 aromatic carbocycles. The van der Waals surface area contributed by atoms with Crippen LogP contribution in [0.15, 0.2) is 34.9 Å². The van der Waals surface area contributed by atoms with Crippen molar-refractivity contribution in [3.8, 4) is 0 Å². The Hall–Kier alpha value is -1.62. The molecule has 0 aliphatic heterocycles. The molecule has 0 saturated heterocycles. The minimum Gasteiger partial charge on any atom is -0.366 e. The van der Waals surface area contributed by atoms with E-state index in [0.29, 0.717) is 5.95 Å². The normalized spacial score (nSPS) is 10.3.